The normalized spacial score (nSPS) is 11.8. The van der Waals surface area contributed by atoms with Gasteiger partial charge in [-0.15, -0.1) is 0 Å². The van der Waals surface area contributed by atoms with Gasteiger partial charge in [-0.3, -0.25) is 9.10 Å². The van der Waals surface area contributed by atoms with E-state index < -0.39 is 28.7 Å². The van der Waals surface area contributed by atoms with E-state index in [2.05, 4.69) is 0 Å². The van der Waals surface area contributed by atoms with Crippen LogP contribution in [0.3, 0.4) is 0 Å². The highest BCUT2D eigenvalue weighted by molar-refractivity contribution is 7.92. The summed E-state index contributed by atoms with van der Waals surface area (Å²) >= 11 is 5.86. The summed E-state index contributed by atoms with van der Waals surface area (Å²) in [6.45, 7) is -1.56. The maximum absolute atomic E-state index is 12.8. The lowest BCUT2D eigenvalue weighted by Gasteiger charge is -2.20. The molecule has 0 heterocycles. The highest BCUT2D eigenvalue weighted by Crippen LogP contribution is 2.27. The lowest BCUT2D eigenvalue weighted by Crippen LogP contribution is -2.34. The topological polar surface area (TPSA) is 75.7 Å². The molecule has 2 aromatic carbocycles. The molecule has 6 nitrogen and oxygen atoms in total. The predicted octanol–water partition coefficient (Wildman–Crippen LogP) is 3.47. The van der Waals surface area contributed by atoms with E-state index in [1.807, 2.05) is 0 Å². The zero-order valence-corrected chi connectivity index (χ0v) is 16.3. The molecule has 28 heavy (non-hydrogen) atoms. The first-order valence-corrected chi connectivity index (χ1v) is 9.55. The van der Waals surface area contributed by atoms with Crippen molar-refractivity contribution >= 4 is 33.2 Å². The molecule has 0 saturated carbocycles. The number of nitrogens with zero attached hydrogens (tertiary/aromatic N) is 1. The summed E-state index contributed by atoms with van der Waals surface area (Å²) in [6.07, 6.45) is -4.61. The summed E-state index contributed by atoms with van der Waals surface area (Å²) in [5.74, 6) is -0.601. The van der Waals surface area contributed by atoms with Crippen LogP contribution >= 0.6 is 11.6 Å². The molecular weight excluding hydrogens is 421 g/mol. The maximum atomic E-state index is 12.8. The number of anilines is 1. The van der Waals surface area contributed by atoms with E-state index in [1.54, 1.807) is 17.4 Å². The Morgan fingerprint density at radius 1 is 1.18 bits per heavy atom. The molecule has 1 amide bonds. The fourth-order valence-electron chi connectivity index (χ4n) is 2.20. The van der Waals surface area contributed by atoms with Gasteiger partial charge in [-0.25, -0.2) is 8.42 Å². The van der Waals surface area contributed by atoms with Crippen LogP contribution in [0, 0.1) is 0 Å². The van der Waals surface area contributed by atoms with Crippen LogP contribution in [0.15, 0.2) is 47.4 Å². The lowest BCUT2D eigenvalue weighted by atomic mass is 10.2. The molecule has 0 aliphatic carbocycles. The molecule has 152 valence electrons. The first kappa shape index (κ1) is 21.8. The van der Waals surface area contributed by atoms with E-state index in [4.69, 9.17) is 16.3 Å². The number of rotatable bonds is 6. The highest BCUT2D eigenvalue weighted by atomic mass is 35.5. The number of benzene rings is 2. The highest BCUT2D eigenvalue weighted by Gasteiger charge is 2.29. The SMILES string of the molecule is COc1ccc(N(C)S(=O)(=O)c2ccc(Cl)c(C(=O)NCC(F)(F)F)c2)cc1. The number of ether oxygens (including phenoxy) is 1. The number of carbonyl (C=O) groups is 1. The van der Waals surface area contributed by atoms with Crippen molar-refractivity contribution in [2.45, 2.75) is 11.1 Å². The Kier molecular flexibility index (Phi) is 6.45. The molecule has 0 saturated heterocycles. The number of halogens is 4. The number of alkyl halides is 3. The molecule has 0 aliphatic rings. The smallest absolute Gasteiger partial charge is 0.405 e. The first-order chi connectivity index (χ1) is 13.0. The number of methoxy groups -OCH3 is 1. The lowest BCUT2D eigenvalue weighted by molar-refractivity contribution is -0.123. The van der Waals surface area contributed by atoms with Crippen molar-refractivity contribution in [2.75, 3.05) is 25.0 Å². The summed E-state index contributed by atoms with van der Waals surface area (Å²) < 4.78 is 68.5. The molecular formula is C17H16ClF3N2O4S. The first-order valence-electron chi connectivity index (χ1n) is 7.73. The minimum atomic E-state index is -4.61. The van der Waals surface area contributed by atoms with E-state index >= 15 is 0 Å². The second-order valence-electron chi connectivity index (χ2n) is 5.61. The second-order valence-corrected chi connectivity index (χ2v) is 7.99. The minimum absolute atomic E-state index is 0.175. The predicted molar refractivity (Wildman–Crippen MR) is 98.4 cm³/mol. The van der Waals surface area contributed by atoms with E-state index in [0.29, 0.717) is 11.4 Å². The zero-order chi connectivity index (χ0) is 21.1. The van der Waals surface area contributed by atoms with Crippen molar-refractivity contribution in [3.8, 4) is 5.75 Å². The number of nitrogens with one attached hydrogen (secondary N) is 1. The third-order valence-corrected chi connectivity index (χ3v) is 5.84. The van der Waals surface area contributed by atoms with Crippen LogP contribution in [-0.4, -0.2) is 41.2 Å². The maximum Gasteiger partial charge on any atom is 0.405 e. The number of amides is 1. The van der Waals surface area contributed by atoms with Crippen molar-refractivity contribution in [1.82, 2.24) is 5.32 Å². The Bertz CT molecular complexity index is 963. The molecule has 0 aliphatic heterocycles. The van der Waals surface area contributed by atoms with E-state index in [9.17, 15) is 26.4 Å². The number of sulfonamides is 1. The Morgan fingerprint density at radius 3 is 2.32 bits per heavy atom. The Hall–Kier alpha value is -2.46. The molecule has 0 radical (unpaired) electrons. The van der Waals surface area contributed by atoms with Crippen molar-refractivity contribution < 1.29 is 31.1 Å². The molecule has 0 aromatic heterocycles. The Labute approximate surface area is 164 Å². The third kappa shape index (κ3) is 5.08. The second kappa shape index (κ2) is 8.27. The fraction of sp³-hybridized carbons (Fsp3) is 0.235. The Balaban J connectivity index is 2.33. The van der Waals surface area contributed by atoms with Gasteiger partial charge in [0.1, 0.15) is 12.3 Å². The van der Waals surface area contributed by atoms with Crippen molar-refractivity contribution in [1.29, 1.82) is 0 Å². The van der Waals surface area contributed by atoms with Gasteiger partial charge in [-0.05, 0) is 42.5 Å². The molecule has 0 unspecified atom stereocenters. The molecule has 0 spiro atoms. The van der Waals surface area contributed by atoms with Gasteiger partial charge in [0.15, 0.2) is 0 Å². The number of carbonyl (C=O) groups excluding carboxylic acids is 1. The quantitative estimate of drug-likeness (QED) is 0.752. The van der Waals surface area contributed by atoms with Crippen molar-refractivity contribution in [3.05, 3.63) is 53.1 Å². The van der Waals surface area contributed by atoms with Gasteiger partial charge in [0.25, 0.3) is 15.9 Å². The fourth-order valence-corrected chi connectivity index (χ4v) is 3.63. The summed E-state index contributed by atoms with van der Waals surface area (Å²) in [6, 6.07) is 9.41. The van der Waals surface area contributed by atoms with Crippen LogP contribution < -0.4 is 14.4 Å². The monoisotopic (exact) mass is 436 g/mol. The van der Waals surface area contributed by atoms with Gasteiger partial charge in [-0.2, -0.15) is 13.2 Å². The standard InChI is InChI=1S/C17H16ClF3N2O4S/c1-23(11-3-5-12(27-2)6-4-11)28(25,26)13-7-8-15(18)14(9-13)16(24)22-10-17(19,20)21/h3-9H,10H2,1-2H3,(H,22,24). The van der Waals surface area contributed by atoms with E-state index in [-0.39, 0.29) is 15.5 Å². The van der Waals surface area contributed by atoms with Gasteiger partial charge in [0.05, 0.1) is 28.3 Å². The summed E-state index contributed by atoms with van der Waals surface area (Å²) in [4.78, 5) is 11.7. The number of hydrogen-bond acceptors (Lipinski definition) is 4. The van der Waals surface area contributed by atoms with Crippen LogP contribution in [0.5, 0.6) is 5.75 Å². The van der Waals surface area contributed by atoms with Crippen LogP contribution in [-0.2, 0) is 10.0 Å². The van der Waals surface area contributed by atoms with Crippen molar-refractivity contribution in [3.63, 3.8) is 0 Å². The molecule has 2 rings (SSSR count). The summed E-state index contributed by atoms with van der Waals surface area (Å²) in [5, 5.41) is 1.49. The number of hydrogen-bond donors (Lipinski definition) is 1. The molecule has 1 N–H and O–H groups in total. The van der Waals surface area contributed by atoms with Gasteiger partial charge in [0, 0.05) is 7.05 Å². The summed E-state index contributed by atoms with van der Waals surface area (Å²) in [7, 11) is -1.33. The third-order valence-electron chi connectivity index (χ3n) is 3.73. The zero-order valence-electron chi connectivity index (χ0n) is 14.7. The summed E-state index contributed by atoms with van der Waals surface area (Å²) in [5.41, 5.74) is -0.0612. The van der Waals surface area contributed by atoms with Gasteiger partial charge < -0.3 is 10.1 Å². The van der Waals surface area contributed by atoms with Gasteiger partial charge in [0.2, 0.25) is 0 Å². The molecule has 0 bridgehead atoms. The van der Waals surface area contributed by atoms with Crippen LogP contribution in [0.25, 0.3) is 0 Å². The van der Waals surface area contributed by atoms with E-state index in [0.717, 1.165) is 22.5 Å². The Morgan fingerprint density at radius 2 is 1.79 bits per heavy atom. The van der Waals surface area contributed by atoms with Crippen LogP contribution in [0.1, 0.15) is 10.4 Å². The molecule has 0 fully saturated rings. The minimum Gasteiger partial charge on any atom is -0.497 e. The van der Waals surface area contributed by atoms with Crippen LogP contribution in [0.4, 0.5) is 18.9 Å². The molecule has 0 atom stereocenters. The average molecular weight is 437 g/mol. The van der Waals surface area contributed by atoms with Gasteiger partial charge in [-0.1, -0.05) is 11.6 Å². The van der Waals surface area contributed by atoms with Crippen LogP contribution in [0.2, 0.25) is 5.02 Å². The van der Waals surface area contributed by atoms with E-state index in [1.165, 1.54) is 26.3 Å². The van der Waals surface area contributed by atoms with Crippen molar-refractivity contribution in [2.24, 2.45) is 0 Å². The van der Waals surface area contributed by atoms with Gasteiger partial charge >= 0.3 is 6.18 Å². The molecule has 11 heteroatoms. The largest absolute Gasteiger partial charge is 0.497 e. The average Bonchev–Trinajstić information content (AvgIpc) is 2.65. The molecule has 2 aromatic rings.